The van der Waals surface area contributed by atoms with Gasteiger partial charge in [-0.2, -0.15) is 0 Å². The van der Waals surface area contributed by atoms with Crippen LogP contribution in [-0.4, -0.2) is 30.1 Å². The van der Waals surface area contributed by atoms with Gasteiger partial charge in [-0.15, -0.1) is 0 Å². The lowest BCUT2D eigenvalue weighted by Crippen LogP contribution is -2.55. The van der Waals surface area contributed by atoms with Crippen LogP contribution in [0.5, 0.6) is 0 Å². The molecule has 0 aromatic carbocycles. The highest BCUT2D eigenvalue weighted by Crippen LogP contribution is 2.34. The molecule has 0 aromatic rings. The van der Waals surface area contributed by atoms with Gasteiger partial charge in [0.15, 0.2) is 0 Å². The van der Waals surface area contributed by atoms with E-state index in [-0.39, 0.29) is 5.54 Å². The number of rotatable bonds is 2. The summed E-state index contributed by atoms with van der Waals surface area (Å²) in [6.07, 6.45) is 7.88. The van der Waals surface area contributed by atoms with Gasteiger partial charge in [0.05, 0.1) is 0 Å². The Labute approximate surface area is 107 Å². The molecule has 2 aliphatic rings. The highest BCUT2D eigenvalue weighted by Gasteiger charge is 2.35. The maximum absolute atomic E-state index is 6.63. The molecule has 1 saturated heterocycles. The SMILES string of the molecule is CC1CCCC(N)(CN2CCCC(C)(C)C2)C1. The van der Waals surface area contributed by atoms with Crippen LogP contribution in [-0.2, 0) is 0 Å². The Hall–Kier alpha value is -0.0800. The molecule has 0 aromatic heterocycles. The summed E-state index contributed by atoms with van der Waals surface area (Å²) >= 11 is 0. The molecule has 2 nitrogen and oxygen atoms in total. The van der Waals surface area contributed by atoms with Crippen molar-refractivity contribution in [3.63, 3.8) is 0 Å². The van der Waals surface area contributed by atoms with Gasteiger partial charge >= 0.3 is 0 Å². The van der Waals surface area contributed by atoms with E-state index in [9.17, 15) is 0 Å². The first kappa shape index (κ1) is 13.4. The molecular formula is C15H30N2. The predicted octanol–water partition coefficient (Wildman–Crippen LogP) is 3.02. The summed E-state index contributed by atoms with van der Waals surface area (Å²) in [6.45, 7) is 10.8. The maximum Gasteiger partial charge on any atom is 0.0285 e. The van der Waals surface area contributed by atoms with Crippen molar-refractivity contribution in [3.05, 3.63) is 0 Å². The van der Waals surface area contributed by atoms with Crippen molar-refractivity contribution in [2.24, 2.45) is 17.1 Å². The average Bonchev–Trinajstić information content (AvgIpc) is 2.14. The number of hydrogen-bond acceptors (Lipinski definition) is 2. The summed E-state index contributed by atoms with van der Waals surface area (Å²) in [5.41, 5.74) is 7.22. The molecule has 2 unspecified atom stereocenters. The summed E-state index contributed by atoms with van der Waals surface area (Å²) in [5, 5.41) is 0. The van der Waals surface area contributed by atoms with Crippen molar-refractivity contribution in [1.82, 2.24) is 4.90 Å². The molecule has 2 fully saturated rings. The summed E-state index contributed by atoms with van der Waals surface area (Å²) in [5.74, 6) is 0.826. The van der Waals surface area contributed by atoms with Gasteiger partial charge in [0.2, 0.25) is 0 Å². The molecule has 1 saturated carbocycles. The van der Waals surface area contributed by atoms with Crippen molar-refractivity contribution in [3.8, 4) is 0 Å². The molecule has 17 heavy (non-hydrogen) atoms. The Morgan fingerprint density at radius 1 is 1.24 bits per heavy atom. The molecule has 2 N–H and O–H groups in total. The molecule has 0 amide bonds. The standard InChI is InChI=1S/C15H30N2/c1-13-6-4-8-15(16,10-13)12-17-9-5-7-14(2,3)11-17/h13H,4-12,16H2,1-3H3. The first-order valence-corrected chi connectivity index (χ1v) is 7.40. The molecule has 1 aliphatic carbocycles. The highest BCUT2D eigenvalue weighted by atomic mass is 15.2. The summed E-state index contributed by atoms with van der Waals surface area (Å²) in [7, 11) is 0. The van der Waals surface area contributed by atoms with Gasteiger partial charge in [0.1, 0.15) is 0 Å². The molecule has 0 spiro atoms. The van der Waals surface area contributed by atoms with Gasteiger partial charge in [-0.25, -0.2) is 0 Å². The first-order valence-electron chi connectivity index (χ1n) is 7.40. The minimum Gasteiger partial charge on any atom is -0.324 e. The van der Waals surface area contributed by atoms with Gasteiger partial charge in [-0.1, -0.05) is 33.6 Å². The van der Waals surface area contributed by atoms with Crippen LogP contribution in [0, 0.1) is 11.3 Å². The maximum atomic E-state index is 6.63. The molecule has 1 heterocycles. The summed E-state index contributed by atoms with van der Waals surface area (Å²) in [6, 6.07) is 0. The lowest BCUT2D eigenvalue weighted by Gasteiger charge is -2.45. The fourth-order valence-corrected chi connectivity index (χ4v) is 3.97. The van der Waals surface area contributed by atoms with E-state index < -0.39 is 0 Å². The second-order valence-electron chi connectivity index (χ2n) is 7.54. The van der Waals surface area contributed by atoms with Gasteiger partial charge < -0.3 is 10.6 Å². The second kappa shape index (κ2) is 4.89. The number of likely N-dealkylation sites (tertiary alicyclic amines) is 1. The molecule has 1 aliphatic heterocycles. The van der Waals surface area contributed by atoms with Crippen LogP contribution in [0.2, 0.25) is 0 Å². The van der Waals surface area contributed by atoms with Crippen molar-refractivity contribution < 1.29 is 0 Å². The van der Waals surface area contributed by atoms with Crippen molar-refractivity contribution >= 4 is 0 Å². The van der Waals surface area contributed by atoms with Crippen molar-refractivity contribution in [2.75, 3.05) is 19.6 Å². The lowest BCUT2D eigenvalue weighted by atomic mass is 9.76. The third-order valence-corrected chi connectivity index (χ3v) is 4.64. The van der Waals surface area contributed by atoms with E-state index in [0.29, 0.717) is 5.41 Å². The summed E-state index contributed by atoms with van der Waals surface area (Å²) in [4.78, 5) is 2.63. The van der Waals surface area contributed by atoms with E-state index in [4.69, 9.17) is 5.73 Å². The molecule has 100 valence electrons. The largest absolute Gasteiger partial charge is 0.324 e. The highest BCUT2D eigenvalue weighted by molar-refractivity contribution is 4.94. The van der Waals surface area contributed by atoms with Gasteiger partial charge in [0, 0.05) is 18.6 Å². The Balaban J connectivity index is 1.91. The Morgan fingerprint density at radius 3 is 2.65 bits per heavy atom. The Morgan fingerprint density at radius 2 is 2.00 bits per heavy atom. The van der Waals surface area contributed by atoms with Crippen LogP contribution in [0.25, 0.3) is 0 Å². The van der Waals surface area contributed by atoms with Crippen LogP contribution in [0.3, 0.4) is 0 Å². The molecule has 2 heteroatoms. The zero-order chi connectivity index (χ0) is 12.5. The molecular weight excluding hydrogens is 208 g/mol. The van der Waals surface area contributed by atoms with E-state index in [1.54, 1.807) is 0 Å². The fraction of sp³-hybridized carbons (Fsp3) is 1.00. The number of nitrogens with zero attached hydrogens (tertiary/aromatic N) is 1. The zero-order valence-electron chi connectivity index (χ0n) is 12.0. The third kappa shape index (κ3) is 3.69. The van der Waals surface area contributed by atoms with Crippen LogP contribution >= 0.6 is 0 Å². The van der Waals surface area contributed by atoms with Crippen LogP contribution < -0.4 is 5.73 Å². The third-order valence-electron chi connectivity index (χ3n) is 4.64. The molecule has 0 radical (unpaired) electrons. The lowest BCUT2D eigenvalue weighted by molar-refractivity contribution is 0.0767. The smallest absolute Gasteiger partial charge is 0.0285 e. The first-order chi connectivity index (χ1) is 7.89. The topological polar surface area (TPSA) is 29.3 Å². The predicted molar refractivity (Wildman–Crippen MR) is 74.0 cm³/mol. The van der Waals surface area contributed by atoms with Gasteiger partial charge in [-0.05, 0) is 43.6 Å². The van der Waals surface area contributed by atoms with E-state index in [1.165, 1.54) is 51.6 Å². The van der Waals surface area contributed by atoms with Gasteiger partial charge in [0.25, 0.3) is 0 Å². The minimum atomic E-state index is 0.102. The van der Waals surface area contributed by atoms with Gasteiger partial charge in [-0.3, -0.25) is 0 Å². The summed E-state index contributed by atoms with van der Waals surface area (Å²) < 4.78 is 0. The monoisotopic (exact) mass is 238 g/mol. The van der Waals surface area contributed by atoms with Crippen LogP contribution in [0.4, 0.5) is 0 Å². The number of nitrogens with two attached hydrogens (primary N) is 1. The Kier molecular flexibility index (Phi) is 3.84. The molecule has 2 atom stereocenters. The van der Waals surface area contributed by atoms with E-state index in [2.05, 4.69) is 25.7 Å². The second-order valence-corrected chi connectivity index (χ2v) is 7.54. The zero-order valence-corrected chi connectivity index (χ0v) is 12.0. The van der Waals surface area contributed by atoms with Crippen LogP contribution in [0.1, 0.15) is 59.3 Å². The fourth-order valence-electron chi connectivity index (χ4n) is 3.97. The number of piperidine rings is 1. The van der Waals surface area contributed by atoms with Crippen LogP contribution in [0.15, 0.2) is 0 Å². The average molecular weight is 238 g/mol. The normalized spacial score (nSPS) is 39.2. The Bertz CT molecular complexity index is 262. The minimum absolute atomic E-state index is 0.102. The quantitative estimate of drug-likeness (QED) is 0.801. The van der Waals surface area contributed by atoms with Crippen molar-refractivity contribution in [2.45, 2.75) is 64.8 Å². The van der Waals surface area contributed by atoms with Crippen molar-refractivity contribution in [1.29, 1.82) is 0 Å². The van der Waals surface area contributed by atoms with E-state index in [0.717, 1.165) is 12.5 Å². The van der Waals surface area contributed by atoms with E-state index >= 15 is 0 Å². The molecule has 0 bridgehead atoms. The van der Waals surface area contributed by atoms with E-state index in [1.807, 2.05) is 0 Å². The molecule has 2 rings (SSSR count). The number of hydrogen-bond donors (Lipinski definition) is 1.